The van der Waals surface area contributed by atoms with Crippen LogP contribution >= 0.6 is 11.6 Å². The number of alkyl halides is 1. The molecular formula is C39H62ClN3O16. The van der Waals surface area contributed by atoms with E-state index in [1.807, 2.05) is 0 Å². The molecular weight excluding hydrogens is 802 g/mol. The number of hydrogen-bond acceptors (Lipinski definition) is 17. The summed E-state index contributed by atoms with van der Waals surface area (Å²) in [6.07, 6.45) is 0.165. The molecule has 1 unspecified atom stereocenters. The zero-order chi connectivity index (χ0) is 42.0. The van der Waals surface area contributed by atoms with Crippen LogP contribution in [0.15, 0.2) is 18.2 Å². The Hall–Kier alpha value is -2.89. The van der Waals surface area contributed by atoms with Crippen LogP contribution in [0.25, 0.3) is 0 Å². The smallest absolute Gasteiger partial charge is 0.264 e. The molecule has 4 amide bonds. The summed E-state index contributed by atoms with van der Waals surface area (Å²) in [5, 5.41) is 5.33. The SMILES string of the molecule is O=C1CCC(N2C(=O)c3cccc(NCCOCCOCCOCCOCCOCCOCCOCCOCCOCCOCCOCCOCCCl)c3C2=O)C(=O)N1. The molecule has 20 heteroatoms. The number of imide groups is 2. The summed E-state index contributed by atoms with van der Waals surface area (Å²) in [7, 11) is 0. The van der Waals surface area contributed by atoms with E-state index in [0.29, 0.717) is 177 Å². The number of piperidine rings is 1. The highest BCUT2D eigenvalue weighted by atomic mass is 35.5. The van der Waals surface area contributed by atoms with Crippen LogP contribution in [-0.2, 0) is 66.4 Å². The second kappa shape index (κ2) is 33.8. The lowest BCUT2D eigenvalue weighted by Gasteiger charge is -2.27. The van der Waals surface area contributed by atoms with E-state index in [1.54, 1.807) is 18.2 Å². The predicted molar refractivity (Wildman–Crippen MR) is 212 cm³/mol. The third-order valence-corrected chi connectivity index (χ3v) is 8.50. The topological polar surface area (TPSA) is 206 Å². The van der Waals surface area contributed by atoms with Gasteiger partial charge in [-0.2, -0.15) is 0 Å². The van der Waals surface area contributed by atoms with Gasteiger partial charge >= 0.3 is 0 Å². The van der Waals surface area contributed by atoms with Crippen molar-refractivity contribution in [3.8, 4) is 0 Å². The minimum atomic E-state index is -1.01. The summed E-state index contributed by atoms with van der Waals surface area (Å²) < 4.78 is 65.5. The lowest BCUT2D eigenvalue weighted by atomic mass is 10.0. The molecule has 336 valence electrons. The molecule has 1 fully saturated rings. The molecule has 0 aliphatic carbocycles. The lowest BCUT2D eigenvalue weighted by Crippen LogP contribution is -2.54. The summed E-state index contributed by atoms with van der Waals surface area (Å²) >= 11 is 5.52. The second-order valence-corrected chi connectivity index (χ2v) is 13.0. The number of amides is 4. The van der Waals surface area contributed by atoms with Crippen LogP contribution in [0.3, 0.4) is 0 Å². The fourth-order valence-corrected chi connectivity index (χ4v) is 5.60. The molecule has 2 aliphatic rings. The van der Waals surface area contributed by atoms with Crippen LogP contribution in [0.2, 0.25) is 0 Å². The second-order valence-electron chi connectivity index (χ2n) is 12.6. The van der Waals surface area contributed by atoms with E-state index in [0.717, 1.165) is 4.90 Å². The van der Waals surface area contributed by atoms with Crippen LogP contribution in [0.4, 0.5) is 5.69 Å². The van der Waals surface area contributed by atoms with Crippen LogP contribution in [-0.4, -0.2) is 206 Å². The minimum Gasteiger partial charge on any atom is -0.382 e. The van der Waals surface area contributed by atoms with Crippen LogP contribution in [0, 0.1) is 0 Å². The number of halogens is 1. The standard InChI is InChI=1S/C39H62ClN3O16/c40-6-8-48-10-12-50-14-16-52-18-20-54-22-24-56-26-28-58-30-31-59-29-27-57-25-23-55-21-19-53-17-15-51-13-11-49-9-7-41-33-3-1-2-32-36(33)39(47)43(38(32)46)34-4-5-35(44)42-37(34)45/h1-3,34,41H,4-31H2,(H,42,44,45). The molecule has 1 atom stereocenters. The Bertz CT molecular complexity index is 1310. The average molecular weight is 864 g/mol. The molecule has 3 rings (SSSR count). The van der Waals surface area contributed by atoms with Crippen molar-refractivity contribution in [2.45, 2.75) is 18.9 Å². The van der Waals surface area contributed by atoms with Gasteiger partial charge in [-0.3, -0.25) is 29.4 Å². The first-order chi connectivity index (χ1) is 29.0. The highest BCUT2D eigenvalue weighted by Crippen LogP contribution is 2.32. The molecule has 0 saturated carbocycles. The average Bonchev–Trinajstić information content (AvgIpc) is 3.49. The molecule has 19 nitrogen and oxygen atoms in total. The van der Waals surface area contributed by atoms with Crippen molar-refractivity contribution in [3.05, 3.63) is 29.3 Å². The van der Waals surface area contributed by atoms with E-state index in [-0.39, 0.29) is 24.0 Å². The highest BCUT2D eigenvalue weighted by Gasteiger charge is 2.45. The normalized spacial score (nSPS) is 15.3. The van der Waals surface area contributed by atoms with Crippen molar-refractivity contribution >= 4 is 40.9 Å². The number of nitrogens with one attached hydrogen (secondary N) is 2. The Balaban J connectivity index is 0.981. The minimum absolute atomic E-state index is 0.0638. The monoisotopic (exact) mass is 863 g/mol. The van der Waals surface area contributed by atoms with Gasteiger partial charge in [-0.15, -0.1) is 11.6 Å². The molecule has 59 heavy (non-hydrogen) atoms. The highest BCUT2D eigenvalue weighted by molar-refractivity contribution is 6.25. The van der Waals surface area contributed by atoms with E-state index < -0.39 is 29.7 Å². The van der Waals surface area contributed by atoms with Crippen molar-refractivity contribution in [3.63, 3.8) is 0 Å². The number of carbonyl (C=O) groups excluding carboxylic acids is 4. The predicted octanol–water partition coefficient (Wildman–Crippen LogP) is 0.938. The Morgan fingerprint density at radius 2 is 0.898 bits per heavy atom. The van der Waals surface area contributed by atoms with E-state index in [9.17, 15) is 19.2 Å². The molecule has 2 heterocycles. The molecule has 2 N–H and O–H groups in total. The number of hydrogen-bond donors (Lipinski definition) is 2. The number of ether oxygens (including phenoxy) is 12. The van der Waals surface area contributed by atoms with E-state index in [1.165, 1.54) is 0 Å². The summed E-state index contributed by atoms with van der Waals surface area (Å²) in [4.78, 5) is 50.9. The van der Waals surface area contributed by atoms with Gasteiger partial charge in [-0.1, -0.05) is 6.07 Å². The molecule has 1 aromatic carbocycles. The number of anilines is 1. The number of rotatable bonds is 40. The van der Waals surface area contributed by atoms with Crippen molar-refractivity contribution in [2.75, 3.05) is 176 Å². The van der Waals surface area contributed by atoms with Crippen molar-refractivity contribution in [2.24, 2.45) is 0 Å². The van der Waals surface area contributed by atoms with Crippen LogP contribution in [0.5, 0.6) is 0 Å². The third kappa shape index (κ3) is 22.0. The Kier molecular flexibility index (Phi) is 28.9. The van der Waals surface area contributed by atoms with Gasteiger partial charge < -0.3 is 62.2 Å². The molecule has 1 aromatic rings. The summed E-state index contributed by atoms with van der Waals surface area (Å²) in [5.74, 6) is -1.69. The van der Waals surface area contributed by atoms with Crippen LogP contribution < -0.4 is 10.6 Å². The largest absolute Gasteiger partial charge is 0.382 e. The number of fused-ring (bicyclic) bond motifs is 1. The van der Waals surface area contributed by atoms with Crippen molar-refractivity contribution in [1.29, 1.82) is 0 Å². The maximum Gasteiger partial charge on any atom is 0.264 e. The first-order valence-corrected chi connectivity index (χ1v) is 20.6. The summed E-state index contributed by atoms with van der Waals surface area (Å²) in [6.45, 7) is 11.6. The van der Waals surface area contributed by atoms with Gasteiger partial charge in [0.2, 0.25) is 11.8 Å². The zero-order valence-electron chi connectivity index (χ0n) is 34.0. The maximum atomic E-state index is 13.2. The van der Waals surface area contributed by atoms with Gasteiger partial charge in [-0.05, 0) is 18.6 Å². The first-order valence-electron chi connectivity index (χ1n) is 20.1. The quantitative estimate of drug-likeness (QED) is 0.0535. The molecule has 2 aliphatic heterocycles. The number of benzene rings is 1. The Morgan fingerprint density at radius 3 is 1.27 bits per heavy atom. The van der Waals surface area contributed by atoms with Gasteiger partial charge in [-0.25, -0.2) is 0 Å². The van der Waals surface area contributed by atoms with E-state index in [4.69, 9.17) is 68.4 Å². The first kappa shape index (κ1) is 50.5. The Labute approximate surface area is 351 Å². The van der Waals surface area contributed by atoms with Gasteiger partial charge in [0.05, 0.1) is 170 Å². The van der Waals surface area contributed by atoms with Gasteiger partial charge in [0, 0.05) is 24.5 Å². The van der Waals surface area contributed by atoms with Gasteiger partial charge in [0.1, 0.15) is 6.04 Å². The number of carbonyl (C=O) groups is 4. The lowest BCUT2D eigenvalue weighted by molar-refractivity contribution is -0.136. The fourth-order valence-electron chi connectivity index (χ4n) is 5.50. The summed E-state index contributed by atoms with van der Waals surface area (Å²) in [5.41, 5.74) is 0.901. The zero-order valence-corrected chi connectivity index (χ0v) is 34.7. The summed E-state index contributed by atoms with van der Waals surface area (Å²) in [6, 6.07) is 3.90. The number of nitrogens with zero attached hydrogens (tertiary/aromatic N) is 1. The molecule has 1 saturated heterocycles. The van der Waals surface area contributed by atoms with Crippen molar-refractivity contribution in [1.82, 2.24) is 10.2 Å². The Morgan fingerprint density at radius 1 is 0.525 bits per heavy atom. The van der Waals surface area contributed by atoms with Gasteiger partial charge in [0.25, 0.3) is 11.8 Å². The van der Waals surface area contributed by atoms with Gasteiger partial charge in [0.15, 0.2) is 0 Å². The van der Waals surface area contributed by atoms with E-state index in [2.05, 4.69) is 10.6 Å². The molecule has 0 radical (unpaired) electrons. The molecule has 0 aromatic heterocycles. The molecule has 0 spiro atoms. The van der Waals surface area contributed by atoms with Crippen molar-refractivity contribution < 1.29 is 76.0 Å². The fraction of sp³-hybridized carbons (Fsp3) is 0.744. The third-order valence-electron chi connectivity index (χ3n) is 8.34. The molecule has 0 bridgehead atoms. The maximum absolute atomic E-state index is 13.2. The van der Waals surface area contributed by atoms with Crippen LogP contribution in [0.1, 0.15) is 33.6 Å². The van der Waals surface area contributed by atoms with E-state index >= 15 is 0 Å².